The number of hydrogen-bond acceptors (Lipinski definition) is 6. The Morgan fingerprint density at radius 3 is 2.39 bits per heavy atom. The van der Waals surface area contributed by atoms with Gasteiger partial charge in [0, 0.05) is 45.6 Å². The fraction of sp³-hybridized carbons (Fsp3) is 0.393. The normalized spacial score (nSPS) is 14.8. The number of imidazole rings is 2. The second kappa shape index (κ2) is 8.56. The Hall–Kier alpha value is -3.92. The molecular formula is C28H31FN6O3. The highest BCUT2D eigenvalue weighted by Gasteiger charge is 2.28. The molecule has 10 heteroatoms. The van der Waals surface area contributed by atoms with Crippen LogP contribution in [-0.2, 0) is 24.2 Å². The monoisotopic (exact) mass is 518 g/mol. The first-order chi connectivity index (χ1) is 18.0. The quantitative estimate of drug-likeness (QED) is 0.351. The van der Waals surface area contributed by atoms with E-state index in [0.717, 1.165) is 28.2 Å². The van der Waals surface area contributed by atoms with Gasteiger partial charge in [0.05, 0.1) is 58.4 Å². The van der Waals surface area contributed by atoms with Gasteiger partial charge >= 0.3 is 5.69 Å². The van der Waals surface area contributed by atoms with E-state index in [9.17, 15) is 4.79 Å². The number of hydrogen-bond donors (Lipinski definition) is 0. The van der Waals surface area contributed by atoms with Crippen LogP contribution in [-0.4, -0.2) is 50.0 Å². The third-order valence-electron chi connectivity index (χ3n) is 7.24. The third-order valence-corrected chi connectivity index (χ3v) is 7.24. The van der Waals surface area contributed by atoms with Crippen LogP contribution in [0.3, 0.4) is 0 Å². The predicted molar refractivity (Wildman–Crippen MR) is 145 cm³/mol. The molecule has 198 valence electrons. The molecule has 0 bridgehead atoms. The molecule has 0 spiro atoms. The van der Waals surface area contributed by atoms with E-state index in [-0.39, 0.29) is 11.1 Å². The third kappa shape index (κ3) is 3.74. The highest BCUT2D eigenvalue weighted by molar-refractivity contribution is 5.93. The van der Waals surface area contributed by atoms with Gasteiger partial charge < -0.3 is 14.1 Å². The van der Waals surface area contributed by atoms with Crippen molar-refractivity contribution >= 4 is 27.8 Å². The smallest absolute Gasteiger partial charge is 0.328 e. The first-order valence-corrected chi connectivity index (χ1v) is 12.7. The van der Waals surface area contributed by atoms with E-state index in [0.29, 0.717) is 54.6 Å². The summed E-state index contributed by atoms with van der Waals surface area (Å²) in [5.41, 5.74) is 4.57. The van der Waals surface area contributed by atoms with Crippen LogP contribution in [0.2, 0.25) is 0 Å². The second-order valence-corrected chi connectivity index (χ2v) is 10.9. The van der Waals surface area contributed by atoms with Gasteiger partial charge in [0.25, 0.3) is 0 Å². The minimum atomic E-state index is -0.420. The van der Waals surface area contributed by atoms with E-state index in [1.807, 2.05) is 10.6 Å². The number of rotatable bonds is 3. The van der Waals surface area contributed by atoms with E-state index in [1.54, 1.807) is 36.2 Å². The van der Waals surface area contributed by atoms with E-state index < -0.39 is 5.82 Å². The predicted octanol–water partition coefficient (Wildman–Crippen LogP) is 4.45. The number of aromatic nitrogens is 5. The van der Waals surface area contributed by atoms with Crippen molar-refractivity contribution < 1.29 is 13.5 Å². The second-order valence-electron chi connectivity index (χ2n) is 10.9. The van der Waals surface area contributed by atoms with Gasteiger partial charge in [0.15, 0.2) is 11.7 Å². The number of fused-ring (bicyclic) bond motifs is 2. The number of ether oxygens (including phenoxy) is 1. The maximum Gasteiger partial charge on any atom is 0.328 e. The van der Waals surface area contributed by atoms with Gasteiger partial charge in [-0.15, -0.1) is 0 Å². The highest BCUT2D eigenvalue weighted by atomic mass is 19.1. The Morgan fingerprint density at radius 1 is 1.00 bits per heavy atom. The summed E-state index contributed by atoms with van der Waals surface area (Å²) < 4.78 is 32.1. The van der Waals surface area contributed by atoms with Gasteiger partial charge in [-0.3, -0.25) is 13.7 Å². The Balaban J connectivity index is 1.66. The van der Waals surface area contributed by atoms with Crippen molar-refractivity contribution in [2.75, 3.05) is 31.2 Å². The van der Waals surface area contributed by atoms with Crippen molar-refractivity contribution in [2.24, 2.45) is 14.1 Å². The van der Waals surface area contributed by atoms with Crippen LogP contribution in [0.4, 0.5) is 10.1 Å². The van der Waals surface area contributed by atoms with Gasteiger partial charge in [-0.1, -0.05) is 20.8 Å². The molecule has 38 heavy (non-hydrogen) atoms. The van der Waals surface area contributed by atoms with Gasteiger partial charge in [0.1, 0.15) is 11.6 Å². The number of nitrogens with zero attached hydrogens (tertiary/aromatic N) is 6. The fourth-order valence-corrected chi connectivity index (χ4v) is 5.32. The Kier molecular flexibility index (Phi) is 5.50. The van der Waals surface area contributed by atoms with Crippen LogP contribution in [0, 0.1) is 12.7 Å². The van der Waals surface area contributed by atoms with Gasteiger partial charge in [-0.25, -0.2) is 19.2 Å². The Morgan fingerprint density at radius 2 is 1.74 bits per heavy atom. The molecule has 0 radical (unpaired) electrons. The molecule has 0 N–H and O–H groups in total. The van der Waals surface area contributed by atoms with Crippen LogP contribution in [0.1, 0.15) is 32.5 Å². The molecule has 0 saturated carbocycles. The van der Waals surface area contributed by atoms with E-state index >= 15 is 4.39 Å². The summed E-state index contributed by atoms with van der Waals surface area (Å²) in [6.07, 6.45) is 1.53. The molecule has 0 atom stereocenters. The standard InChI is InChI=1S/C28H31FN6O3/c1-16-30-15-24(38-16)18-13-20-21(14-19(18)29)35(26(31-20)28(2,3)4)17-11-22-25(33(6)27(36)32(22)5)23(12-17)34-7-9-37-10-8-34/h11-15H,7-10H2,1-6H3. The lowest BCUT2D eigenvalue weighted by atomic mass is 9.95. The van der Waals surface area contributed by atoms with Crippen molar-refractivity contribution in [1.82, 2.24) is 23.7 Å². The Labute approximate surface area is 219 Å². The molecule has 1 saturated heterocycles. The van der Waals surface area contributed by atoms with Crippen molar-refractivity contribution in [1.29, 1.82) is 0 Å². The maximum absolute atomic E-state index is 15.6. The van der Waals surface area contributed by atoms with E-state index in [1.165, 1.54) is 12.3 Å². The van der Waals surface area contributed by atoms with Gasteiger partial charge in [0.2, 0.25) is 0 Å². The Bertz CT molecular complexity index is 1760. The lowest BCUT2D eigenvalue weighted by Gasteiger charge is -2.30. The zero-order valence-corrected chi connectivity index (χ0v) is 22.5. The zero-order chi connectivity index (χ0) is 26.9. The summed E-state index contributed by atoms with van der Waals surface area (Å²) in [4.78, 5) is 24.3. The number of aryl methyl sites for hydroxylation is 3. The number of anilines is 1. The average molecular weight is 519 g/mol. The van der Waals surface area contributed by atoms with Crippen LogP contribution >= 0.6 is 0 Å². The van der Waals surface area contributed by atoms with E-state index in [2.05, 4.69) is 36.7 Å². The highest BCUT2D eigenvalue weighted by Crippen LogP contribution is 2.37. The minimum absolute atomic E-state index is 0.101. The van der Waals surface area contributed by atoms with Gasteiger partial charge in [-0.05, 0) is 18.2 Å². The summed E-state index contributed by atoms with van der Waals surface area (Å²) in [7, 11) is 3.57. The van der Waals surface area contributed by atoms with Crippen LogP contribution in [0.25, 0.3) is 39.1 Å². The molecule has 1 aliphatic heterocycles. The largest absolute Gasteiger partial charge is 0.441 e. The number of halogens is 1. The minimum Gasteiger partial charge on any atom is -0.441 e. The van der Waals surface area contributed by atoms with E-state index in [4.69, 9.17) is 14.1 Å². The lowest BCUT2D eigenvalue weighted by molar-refractivity contribution is 0.123. The summed E-state index contributed by atoms with van der Waals surface area (Å²) in [5, 5.41) is 0. The summed E-state index contributed by atoms with van der Waals surface area (Å²) in [6.45, 7) is 10.6. The van der Waals surface area contributed by atoms with Crippen LogP contribution in [0.5, 0.6) is 0 Å². The average Bonchev–Trinajstić information content (AvgIpc) is 3.55. The first kappa shape index (κ1) is 24.4. The molecule has 0 unspecified atom stereocenters. The molecular weight excluding hydrogens is 487 g/mol. The molecule has 0 amide bonds. The fourth-order valence-electron chi connectivity index (χ4n) is 5.32. The SMILES string of the molecule is Cc1ncc(-c2cc3nc(C(C)(C)C)n(-c4cc(N5CCOCC5)c5c(c4)n(C)c(=O)n5C)c3cc2F)o1. The zero-order valence-electron chi connectivity index (χ0n) is 22.5. The summed E-state index contributed by atoms with van der Waals surface area (Å²) >= 11 is 0. The molecule has 9 nitrogen and oxygen atoms in total. The molecule has 2 aromatic carbocycles. The molecule has 3 aromatic heterocycles. The molecule has 4 heterocycles. The topological polar surface area (TPSA) is 83.3 Å². The van der Waals surface area contributed by atoms with Crippen molar-refractivity contribution in [3.05, 3.63) is 58.5 Å². The van der Waals surface area contributed by atoms with Crippen LogP contribution in [0.15, 0.2) is 39.7 Å². The lowest BCUT2D eigenvalue weighted by Crippen LogP contribution is -2.36. The molecule has 0 aliphatic carbocycles. The van der Waals surface area contributed by atoms with Gasteiger partial charge in [-0.2, -0.15) is 0 Å². The number of benzene rings is 2. The van der Waals surface area contributed by atoms with Crippen molar-refractivity contribution in [3.63, 3.8) is 0 Å². The molecule has 6 rings (SSSR count). The maximum atomic E-state index is 15.6. The first-order valence-electron chi connectivity index (χ1n) is 12.7. The molecule has 1 aliphatic rings. The summed E-state index contributed by atoms with van der Waals surface area (Å²) in [6, 6.07) is 7.29. The van der Waals surface area contributed by atoms with Crippen molar-refractivity contribution in [2.45, 2.75) is 33.1 Å². The molecule has 1 fully saturated rings. The number of oxazole rings is 1. The number of morpholine rings is 1. The van der Waals surface area contributed by atoms with Crippen molar-refractivity contribution in [3.8, 4) is 17.0 Å². The summed E-state index contributed by atoms with van der Waals surface area (Å²) in [5.74, 6) is 1.20. The molecule has 5 aromatic rings. The van der Waals surface area contributed by atoms with Crippen LogP contribution < -0.4 is 10.6 Å².